The number of nitrogens with one attached hydrogen (secondary N) is 1. The first-order valence-corrected chi connectivity index (χ1v) is 12.3. The van der Waals surface area contributed by atoms with Crippen LogP contribution in [0.15, 0.2) is 78.2 Å². The van der Waals surface area contributed by atoms with E-state index in [1.165, 1.54) is 5.56 Å². The van der Waals surface area contributed by atoms with Crippen molar-refractivity contribution in [2.75, 3.05) is 12.3 Å². The van der Waals surface area contributed by atoms with Gasteiger partial charge in [0.25, 0.3) is 0 Å². The van der Waals surface area contributed by atoms with E-state index in [1.807, 2.05) is 30.3 Å². The number of anilines is 1. The van der Waals surface area contributed by atoms with Crippen LogP contribution in [0.25, 0.3) is 11.3 Å². The summed E-state index contributed by atoms with van der Waals surface area (Å²) in [6.45, 7) is 1.07. The van der Waals surface area contributed by atoms with E-state index in [2.05, 4.69) is 44.5 Å². The van der Waals surface area contributed by atoms with Crippen molar-refractivity contribution >= 4 is 23.3 Å². The number of rotatable bonds is 6. The van der Waals surface area contributed by atoms with Crippen LogP contribution in [0.2, 0.25) is 0 Å². The smallest absolute Gasteiger partial charge is 0.224 e. The van der Waals surface area contributed by atoms with Crippen LogP contribution in [0.1, 0.15) is 22.3 Å². The van der Waals surface area contributed by atoms with Crippen LogP contribution in [-0.2, 0) is 30.6 Å². The van der Waals surface area contributed by atoms with Gasteiger partial charge in [-0.25, -0.2) is 9.97 Å². The summed E-state index contributed by atoms with van der Waals surface area (Å²) in [7, 11) is 0. The highest BCUT2D eigenvalue weighted by Gasteiger charge is 2.28. The number of hydrogen-bond donors (Lipinski definition) is 2. The number of ether oxygens (including phenoxy) is 1. The Morgan fingerprint density at radius 3 is 2.86 bits per heavy atom. The van der Waals surface area contributed by atoms with Crippen molar-refractivity contribution in [2.24, 2.45) is 10.9 Å². The number of nitrogen functional groups attached to an aromatic ring is 1. The van der Waals surface area contributed by atoms with Crippen molar-refractivity contribution in [3.05, 3.63) is 95.4 Å². The molecule has 0 saturated heterocycles. The highest BCUT2D eigenvalue weighted by Crippen LogP contribution is 2.36. The number of carbonyl (C=O) groups is 1. The van der Waals surface area contributed by atoms with Crippen molar-refractivity contribution in [1.82, 2.24) is 20.3 Å². The number of nitrogens with zero attached hydrogens (tertiary/aromatic N) is 4. The van der Waals surface area contributed by atoms with E-state index in [0.717, 1.165) is 57.9 Å². The zero-order valence-corrected chi connectivity index (χ0v) is 20.2. The van der Waals surface area contributed by atoms with E-state index in [0.29, 0.717) is 19.6 Å². The number of fused-ring (bicyclic) bond motifs is 2. The Hall–Kier alpha value is -4.59. The summed E-state index contributed by atoms with van der Waals surface area (Å²) in [6, 6.07) is 17.9. The normalized spacial score (nSPS) is 15.8. The summed E-state index contributed by atoms with van der Waals surface area (Å²) < 4.78 is 6.10. The molecule has 1 unspecified atom stereocenters. The zero-order chi connectivity index (χ0) is 25.2. The first kappa shape index (κ1) is 22.8. The number of aromatic nitrogens is 3. The molecule has 4 aromatic rings. The number of carbonyl (C=O) groups excluding carboxylic acids is 1. The second kappa shape index (κ2) is 9.81. The van der Waals surface area contributed by atoms with Crippen LogP contribution < -0.4 is 15.8 Å². The Morgan fingerprint density at radius 2 is 2.00 bits per heavy atom. The minimum Gasteiger partial charge on any atom is -0.493 e. The van der Waals surface area contributed by atoms with E-state index in [9.17, 15) is 4.79 Å². The summed E-state index contributed by atoms with van der Waals surface area (Å²) in [5, 5.41) is 2.97. The molecule has 0 aliphatic carbocycles. The molecule has 2 aliphatic rings. The molecule has 184 valence electrons. The molecule has 3 N–H and O–H groups in total. The third-order valence-electron chi connectivity index (χ3n) is 6.77. The predicted molar refractivity (Wildman–Crippen MR) is 142 cm³/mol. The molecule has 1 atom stereocenters. The number of nitrogens with two attached hydrogens (primary N) is 1. The SMILES string of the molecule is Nc1nccc(-c2ccc3c(c2)N=C(C2COc4ccc(CC(=O)NCc5cccnc5)cc4C2)C3)n1. The second-order valence-corrected chi connectivity index (χ2v) is 9.39. The topological polar surface area (TPSA) is 115 Å². The molecule has 6 rings (SSSR count). The number of pyridine rings is 1. The summed E-state index contributed by atoms with van der Waals surface area (Å²) in [5.74, 6) is 1.31. The first-order chi connectivity index (χ1) is 18.1. The van der Waals surface area contributed by atoms with Gasteiger partial charge in [0.15, 0.2) is 0 Å². The third-order valence-corrected chi connectivity index (χ3v) is 6.77. The highest BCUT2D eigenvalue weighted by atomic mass is 16.5. The molecule has 4 heterocycles. The van der Waals surface area contributed by atoms with E-state index in [1.54, 1.807) is 18.6 Å². The van der Waals surface area contributed by atoms with Crippen LogP contribution in [0.3, 0.4) is 0 Å². The van der Waals surface area contributed by atoms with Gasteiger partial charge in [-0.1, -0.05) is 30.3 Å². The molecule has 37 heavy (non-hydrogen) atoms. The zero-order valence-electron chi connectivity index (χ0n) is 20.2. The maximum Gasteiger partial charge on any atom is 0.224 e. The van der Waals surface area contributed by atoms with Crippen LogP contribution in [0.4, 0.5) is 11.6 Å². The highest BCUT2D eigenvalue weighted by molar-refractivity contribution is 5.96. The fraction of sp³-hybridized carbons (Fsp3) is 0.207. The van der Waals surface area contributed by atoms with Crippen molar-refractivity contribution in [3.8, 4) is 17.0 Å². The van der Waals surface area contributed by atoms with Gasteiger partial charge in [-0.3, -0.25) is 14.8 Å². The van der Waals surface area contributed by atoms with Crippen LogP contribution in [0, 0.1) is 5.92 Å². The lowest BCUT2D eigenvalue weighted by Gasteiger charge is -2.26. The Kier molecular flexibility index (Phi) is 6.06. The van der Waals surface area contributed by atoms with Crippen molar-refractivity contribution in [3.63, 3.8) is 0 Å². The minimum absolute atomic E-state index is 0.0195. The largest absolute Gasteiger partial charge is 0.493 e. The lowest BCUT2D eigenvalue weighted by Crippen LogP contribution is -2.28. The Morgan fingerprint density at radius 1 is 1.05 bits per heavy atom. The fourth-order valence-electron chi connectivity index (χ4n) is 4.86. The Bertz CT molecular complexity index is 1500. The lowest BCUT2D eigenvalue weighted by molar-refractivity contribution is -0.120. The van der Waals surface area contributed by atoms with Gasteiger partial charge in [-0.05, 0) is 52.9 Å². The standard InChI is InChI=1S/C29H26N6O2/c30-29-32-9-7-24(35-29)20-4-5-21-14-26(34-25(21)13-20)23-12-22-10-18(3-6-27(22)37-17-23)11-28(36)33-16-19-2-1-8-31-15-19/h1-10,13,15,23H,11-12,14,16-17H2,(H,33,36)(H2,30,32,35). The van der Waals surface area contributed by atoms with Crippen molar-refractivity contribution in [2.45, 2.75) is 25.8 Å². The first-order valence-electron chi connectivity index (χ1n) is 12.3. The molecular weight excluding hydrogens is 464 g/mol. The third kappa shape index (κ3) is 5.04. The van der Waals surface area contributed by atoms with E-state index < -0.39 is 0 Å². The van der Waals surface area contributed by atoms with Gasteiger partial charge in [-0.15, -0.1) is 0 Å². The molecule has 8 nitrogen and oxygen atoms in total. The molecule has 0 spiro atoms. The second-order valence-electron chi connectivity index (χ2n) is 9.39. The molecule has 8 heteroatoms. The predicted octanol–water partition coefficient (Wildman–Crippen LogP) is 3.86. The van der Waals surface area contributed by atoms with Crippen molar-refractivity contribution < 1.29 is 9.53 Å². The van der Waals surface area contributed by atoms with Gasteiger partial charge in [0, 0.05) is 48.7 Å². The minimum atomic E-state index is -0.0195. The number of amides is 1. The molecule has 0 fully saturated rings. The van der Waals surface area contributed by atoms with Gasteiger partial charge in [-0.2, -0.15) is 0 Å². The Labute approximate surface area is 214 Å². The lowest BCUT2D eigenvalue weighted by atomic mass is 9.89. The average Bonchev–Trinajstić information content (AvgIpc) is 3.36. The fourth-order valence-corrected chi connectivity index (χ4v) is 4.86. The quantitative estimate of drug-likeness (QED) is 0.424. The summed E-state index contributed by atoms with van der Waals surface area (Å²) in [5.41, 5.74) is 13.9. The maximum atomic E-state index is 12.5. The van der Waals surface area contributed by atoms with E-state index in [4.69, 9.17) is 15.5 Å². The Balaban J connectivity index is 1.13. The summed E-state index contributed by atoms with van der Waals surface area (Å²) >= 11 is 0. The molecule has 0 saturated carbocycles. The molecule has 0 bridgehead atoms. The molecule has 2 aromatic heterocycles. The van der Waals surface area contributed by atoms with Crippen LogP contribution in [-0.4, -0.2) is 33.2 Å². The molecule has 2 aliphatic heterocycles. The van der Waals surface area contributed by atoms with Gasteiger partial charge < -0.3 is 15.8 Å². The molecular formula is C29H26N6O2. The van der Waals surface area contributed by atoms with Crippen molar-refractivity contribution in [1.29, 1.82) is 0 Å². The molecule has 1 amide bonds. The maximum absolute atomic E-state index is 12.5. The van der Waals surface area contributed by atoms with Crippen LogP contribution in [0.5, 0.6) is 5.75 Å². The average molecular weight is 491 g/mol. The molecule has 0 radical (unpaired) electrons. The van der Waals surface area contributed by atoms with Gasteiger partial charge >= 0.3 is 0 Å². The van der Waals surface area contributed by atoms with E-state index in [-0.39, 0.29) is 17.8 Å². The number of benzene rings is 2. The van der Waals surface area contributed by atoms with E-state index >= 15 is 0 Å². The van der Waals surface area contributed by atoms with Crippen LogP contribution >= 0.6 is 0 Å². The van der Waals surface area contributed by atoms with Gasteiger partial charge in [0.2, 0.25) is 11.9 Å². The summed E-state index contributed by atoms with van der Waals surface area (Å²) in [6.07, 6.45) is 7.10. The number of hydrogen-bond acceptors (Lipinski definition) is 7. The number of aliphatic imine (C=N–C) groups is 1. The summed E-state index contributed by atoms with van der Waals surface area (Å²) in [4.78, 5) is 29.9. The van der Waals surface area contributed by atoms with Gasteiger partial charge in [0.05, 0.1) is 24.4 Å². The van der Waals surface area contributed by atoms with Gasteiger partial charge in [0.1, 0.15) is 5.75 Å². The monoisotopic (exact) mass is 490 g/mol. The molecule has 2 aromatic carbocycles.